The van der Waals surface area contributed by atoms with Gasteiger partial charge >= 0.3 is 0 Å². The van der Waals surface area contributed by atoms with Gasteiger partial charge in [0.2, 0.25) is 11.9 Å². The van der Waals surface area contributed by atoms with E-state index in [1.165, 1.54) is 19.3 Å². The molecule has 4 rings (SSSR count). The number of para-hydroxylation sites is 1. The summed E-state index contributed by atoms with van der Waals surface area (Å²) in [5, 5.41) is 0. The lowest BCUT2D eigenvalue weighted by Gasteiger charge is -2.31. The summed E-state index contributed by atoms with van der Waals surface area (Å²) in [6.07, 6.45) is 7.26. The van der Waals surface area contributed by atoms with Gasteiger partial charge in [0.15, 0.2) is 0 Å². The number of hydrogen-bond acceptors (Lipinski definition) is 4. The fraction of sp³-hybridized carbons (Fsp3) is 0.417. The number of nitrogen functional groups attached to an aromatic ring is 1. The van der Waals surface area contributed by atoms with Crippen LogP contribution in [0.25, 0.3) is 11.0 Å². The summed E-state index contributed by atoms with van der Waals surface area (Å²) in [5.41, 5.74) is 7.92. The zero-order valence-electron chi connectivity index (χ0n) is 17.6. The van der Waals surface area contributed by atoms with Crippen LogP contribution in [0.2, 0.25) is 0 Å². The number of imidazole rings is 1. The van der Waals surface area contributed by atoms with Gasteiger partial charge < -0.3 is 19.9 Å². The first-order valence-corrected chi connectivity index (χ1v) is 10.9. The van der Waals surface area contributed by atoms with Crippen molar-refractivity contribution < 1.29 is 9.53 Å². The Morgan fingerprint density at radius 3 is 2.67 bits per heavy atom. The van der Waals surface area contributed by atoms with E-state index in [4.69, 9.17) is 10.5 Å². The highest BCUT2D eigenvalue weighted by molar-refractivity contribution is 5.80. The predicted octanol–water partition coefficient (Wildman–Crippen LogP) is 4.98. The Labute approximate surface area is 177 Å². The Hall–Kier alpha value is -3.02. The standard InChI is InChI=1S/C24H30N4O2/c1-27(18-9-4-2-5-10-18)23(29)13-8-16-28-22-17-20(14-15-21(22)26-24(28)25)30-19-11-6-3-7-12-19/h3,6-7,11-12,14-15,17-18H,2,4-5,8-10,13,16H2,1H3,(H2,25,26). The number of ether oxygens (including phenoxy) is 1. The van der Waals surface area contributed by atoms with Crippen molar-refractivity contribution in [1.29, 1.82) is 0 Å². The minimum atomic E-state index is 0.220. The van der Waals surface area contributed by atoms with Crippen LogP contribution in [0.4, 0.5) is 5.95 Å². The van der Waals surface area contributed by atoms with Gasteiger partial charge in [-0.2, -0.15) is 0 Å². The van der Waals surface area contributed by atoms with Gasteiger partial charge in [-0.1, -0.05) is 37.5 Å². The molecule has 0 bridgehead atoms. The van der Waals surface area contributed by atoms with Crippen LogP contribution in [0.1, 0.15) is 44.9 Å². The molecule has 6 heteroatoms. The second-order valence-corrected chi connectivity index (χ2v) is 8.09. The van der Waals surface area contributed by atoms with E-state index < -0.39 is 0 Å². The second kappa shape index (κ2) is 9.20. The highest BCUT2D eigenvalue weighted by atomic mass is 16.5. The third-order valence-corrected chi connectivity index (χ3v) is 6.02. The van der Waals surface area contributed by atoms with Crippen LogP contribution in [0.5, 0.6) is 11.5 Å². The van der Waals surface area contributed by atoms with Gasteiger partial charge in [-0.15, -0.1) is 0 Å². The lowest BCUT2D eigenvalue weighted by Crippen LogP contribution is -2.38. The number of nitrogens with two attached hydrogens (primary N) is 1. The minimum absolute atomic E-state index is 0.220. The van der Waals surface area contributed by atoms with Crippen LogP contribution in [-0.2, 0) is 11.3 Å². The van der Waals surface area contributed by atoms with E-state index in [2.05, 4.69) is 4.98 Å². The molecule has 6 nitrogen and oxygen atoms in total. The van der Waals surface area contributed by atoms with Gasteiger partial charge in [-0.25, -0.2) is 4.98 Å². The van der Waals surface area contributed by atoms with Crippen molar-refractivity contribution in [2.75, 3.05) is 12.8 Å². The van der Waals surface area contributed by atoms with Crippen molar-refractivity contribution in [1.82, 2.24) is 14.5 Å². The number of aryl methyl sites for hydroxylation is 1. The first-order chi connectivity index (χ1) is 14.6. The minimum Gasteiger partial charge on any atom is -0.457 e. The Morgan fingerprint density at radius 2 is 1.90 bits per heavy atom. The molecule has 1 aliphatic carbocycles. The van der Waals surface area contributed by atoms with Crippen molar-refractivity contribution in [3.63, 3.8) is 0 Å². The average molecular weight is 407 g/mol. The van der Waals surface area contributed by atoms with Crippen LogP contribution in [0, 0.1) is 0 Å². The number of nitrogens with zero attached hydrogens (tertiary/aromatic N) is 3. The fourth-order valence-electron chi connectivity index (χ4n) is 4.28. The summed E-state index contributed by atoms with van der Waals surface area (Å²) in [6, 6.07) is 15.9. The molecule has 1 saturated carbocycles. The summed E-state index contributed by atoms with van der Waals surface area (Å²) in [5.74, 6) is 2.21. The maximum absolute atomic E-state index is 12.6. The molecule has 1 amide bonds. The number of carbonyl (C=O) groups excluding carboxylic acids is 1. The monoisotopic (exact) mass is 406 g/mol. The van der Waals surface area contributed by atoms with Gasteiger partial charge in [0.05, 0.1) is 11.0 Å². The molecular formula is C24H30N4O2. The molecule has 0 aliphatic heterocycles. The number of rotatable bonds is 7. The first kappa shape index (κ1) is 20.3. The normalized spacial score (nSPS) is 14.7. The number of anilines is 1. The smallest absolute Gasteiger partial charge is 0.222 e. The van der Waals surface area contributed by atoms with E-state index in [0.717, 1.165) is 41.8 Å². The molecule has 1 fully saturated rings. The molecule has 1 aliphatic rings. The molecule has 0 unspecified atom stereocenters. The van der Waals surface area contributed by atoms with Crippen LogP contribution in [0.3, 0.4) is 0 Å². The van der Waals surface area contributed by atoms with Crippen LogP contribution in [-0.4, -0.2) is 33.4 Å². The number of benzene rings is 2. The molecule has 2 N–H and O–H groups in total. The Balaban J connectivity index is 1.41. The van der Waals surface area contributed by atoms with E-state index in [1.807, 2.05) is 65.0 Å². The lowest BCUT2D eigenvalue weighted by molar-refractivity contribution is -0.132. The van der Waals surface area contributed by atoms with E-state index >= 15 is 0 Å². The molecular weight excluding hydrogens is 376 g/mol. The third-order valence-electron chi connectivity index (χ3n) is 6.02. The number of amides is 1. The lowest BCUT2D eigenvalue weighted by atomic mass is 9.94. The summed E-state index contributed by atoms with van der Waals surface area (Å²) in [7, 11) is 1.95. The van der Waals surface area contributed by atoms with Gasteiger partial charge in [-0.3, -0.25) is 4.79 Å². The van der Waals surface area contributed by atoms with Gasteiger partial charge in [0.1, 0.15) is 11.5 Å². The third kappa shape index (κ3) is 4.58. The quantitative estimate of drug-likeness (QED) is 0.600. The van der Waals surface area contributed by atoms with Crippen LogP contribution >= 0.6 is 0 Å². The van der Waals surface area contributed by atoms with E-state index in [1.54, 1.807) is 0 Å². The topological polar surface area (TPSA) is 73.4 Å². The first-order valence-electron chi connectivity index (χ1n) is 10.9. The highest BCUT2D eigenvalue weighted by Crippen LogP contribution is 2.27. The van der Waals surface area contributed by atoms with E-state index in [9.17, 15) is 4.79 Å². The summed E-state index contributed by atoms with van der Waals surface area (Å²) in [4.78, 5) is 19.0. The maximum atomic E-state index is 12.6. The Bertz CT molecular complexity index is 993. The number of aromatic nitrogens is 2. The number of fused-ring (bicyclic) bond motifs is 1. The fourth-order valence-corrected chi connectivity index (χ4v) is 4.28. The van der Waals surface area contributed by atoms with Gasteiger partial charge in [0.25, 0.3) is 0 Å². The van der Waals surface area contributed by atoms with Gasteiger partial charge in [0, 0.05) is 32.1 Å². The molecule has 0 saturated heterocycles. The van der Waals surface area contributed by atoms with Crippen molar-refractivity contribution in [2.45, 2.75) is 57.5 Å². The molecule has 1 heterocycles. The molecule has 0 spiro atoms. The van der Waals surface area contributed by atoms with Crippen molar-refractivity contribution in [3.05, 3.63) is 48.5 Å². The summed E-state index contributed by atoms with van der Waals surface area (Å²) in [6.45, 7) is 0.654. The Kier molecular flexibility index (Phi) is 6.21. The van der Waals surface area contributed by atoms with Gasteiger partial charge in [-0.05, 0) is 43.5 Å². The molecule has 3 aromatic rings. The second-order valence-electron chi connectivity index (χ2n) is 8.09. The largest absolute Gasteiger partial charge is 0.457 e. The zero-order chi connectivity index (χ0) is 20.9. The maximum Gasteiger partial charge on any atom is 0.222 e. The molecule has 1 aromatic heterocycles. The molecule has 30 heavy (non-hydrogen) atoms. The SMILES string of the molecule is CN(C(=O)CCCn1c(N)nc2ccc(Oc3ccccc3)cc21)C1CCCCC1. The van der Waals surface area contributed by atoms with Crippen molar-refractivity contribution >= 4 is 22.9 Å². The predicted molar refractivity (Wildman–Crippen MR) is 120 cm³/mol. The number of carbonyl (C=O) groups is 1. The molecule has 0 radical (unpaired) electrons. The molecule has 0 atom stereocenters. The number of hydrogen-bond donors (Lipinski definition) is 1. The van der Waals surface area contributed by atoms with Crippen LogP contribution in [0.15, 0.2) is 48.5 Å². The molecule has 2 aromatic carbocycles. The average Bonchev–Trinajstić information content (AvgIpc) is 3.09. The molecule has 158 valence electrons. The summed E-state index contributed by atoms with van der Waals surface area (Å²) >= 11 is 0. The van der Waals surface area contributed by atoms with Crippen molar-refractivity contribution in [3.8, 4) is 11.5 Å². The zero-order valence-corrected chi connectivity index (χ0v) is 17.6. The van der Waals surface area contributed by atoms with E-state index in [-0.39, 0.29) is 5.91 Å². The highest BCUT2D eigenvalue weighted by Gasteiger charge is 2.21. The Morgan fingerprint density at radius 1 is 1.13 bits per heavy atom. The van der Waals surface area contributed by atoms with Crippen molar-refractivity contribution in [2.24, 2.45) is 0 Å². The van der Waals surface area contributed by atoms with E-state index in [0.29, 0.717) is 25.0 Å². The summed E-state index contributed by atoms with van der Waals surface area (Å²) < 4.78 is 7.92. The van der Waals surface area contributed by atoms with Crippen LogP contribution < -0.4 is 10.5 Å².